The van der Waals surface area contributed by atoms with Crippen LogP contribution in [0.5, 0.6) is 0 Å². The Bertz CT molecular complexity index is 1440. The number of amides is 1. The van der Waals surface area contributed by atoms with E-state index in [9.17, 15) is 27.2 Å². The summed E-state index contributed by atoms with van der Waals surface area (Å²) < 4.78 is 56.7. The monoisotopic (exact) mass is 546 g/mol. The summed E-state index contributed by atoms with van der Waals surface area (Å²) in [6.45, 7) is 1.45. The minimum absolute atomic E-state index is 0.169. The number of halogens is 4. The third-order valence-electron chi connectivity index (χ3n) is 7.50. The molecule has 0 atom stereocenters. The van der Waals surface area contributed by atoms with E-state index in [1.165, 1.54) is 18.2 Å². The quantitative estimate of drug-likeness (QED) is 0.394. The van der Waals surface area contributed by atoms with Crippen molar-refractivity contribution in [2.45, 2.75) is 57.3 Å². The fourth-order valence-electron chi connectivity index (χ4n) is 5.51. The smallest absolute Gasteiger partial charge is 0.320 e. The summed E-state index contributed by atoms with van der Waals surface area (Å²) in [5.41, 5.74) is -1.21. The number of carbonyl (C=O) groups is 1. The molecule has 2 aromatic heterocycles. The van der Waals surface area contributed by atoms with Gasteiger partial charge < -0.3 is 19.8 Å². The number of aromatic nitrogens is 4. The Morgan fingerprint density at radius 2 is 1.95 bits per heavy atom. The number of hydrogen-bond acceptors (Lipinski definition) is 5. The van der Waals surface area contributed by atoms with Gasteiger partial charge in [-0.1, -0.05) is 13.0 Å². The number of aryl methyl sites for hydroxylation is 1. The normalized spacial score (nSPS) is 21.0. The molecule has 2 saturated carbocycles. The van der Waals surface area contributed by atoms with Crippen LogP contribution < -0.4 is 16.2 Å². The first-order valence-corrected chi connectivity index (χ1v) is 12.9. The van der Waals surface area contributed by atoms with E-state index in [1.807, 2.05) is 7.05 Å². The summed E-state index contributed by atoms with van der Waals surface area (Å²) >= 11 is 0. The molecule has 208 valence electrons. The standard InChI is InChI=1S/C27H30F4N6O2/c1-16-9-26(10-16,25-35-33-15-36(25)2)19-5-6-21(28)22(8-19)34-23(38)20-7-18(12-32-11-17-3-4-17)13-37(24(20)39)14-27(29,30)31/h5-8,13,15-17,32H,3-4,9-12,14H2,1-2H3,(H,34,38). The van der Waals surface area contributed by atoms with E-state index < -0.39 is 41.0 Å². The highest BCUT2D eigenvalue weighted by Crippen LogP contribution is 2.51. The number of nitrogens with zero attached hydrogens (tertiary/aromatic N) is 4. The Hall–Kier alpha value is -3.54. The third-order valence-corrected chi connectivity index (χ3v) is 7.50. The Morgan fingerprint density at radius 3 is 2.56 bits per heavy atom. The highest BCUT2D eigenvalue weighted by Gasteiger charge is 2.48. The van der Waals surface area contributed by atoms with Crippen LogP contribution in [0.3, 0.4) is 0 Å². The first kappa shape index (κ1) is 27.0. The lowest BCUT2D eigenvalue weighted by molar-refractivity contribution is -0.141. The summed E-state index contributed by atoms with van der Waals surface area (Å²) in [6.07, 6.45) is 1.71. The van der Waals surface area contributed by atoms with Crippen LogP contribution >= 0.6 is 0 Å². The van der Waals surface area contributed by atoms with Gasteiger partial charge in [0.25, 0.3) is 11.5 Å². The highest BCUT2D eigenvalue weighted by molar-refractivity contribution is 6.04. The first-order chi connectivity index (χ1) is 18.4. The number of pyridine rings is 1. The van der Waals surface area contributed by atoms with E-state index in [-0.39, 0.29) is 12.2 Å². The maximum atomic E-state index is 14.9. The van der Waals surface area contributed by atoms with Crippen molar-refractivity contribution in [1.82, 2.24) is 24.6 Å². The van der Waals surface area contributed by atoms with E-state index >= 15 is 0 Å². The summed E-state index contributed by atoms with van der Waals surface area (Å²) in [4.78, 5) is 26.1. The molecule has 0 unspecified atom stereocenters. The van der Waals surface area contributed by atoms with Crippen LogP contribution in [-0.4, -0.2) is 38.0 Å². The predicted molar refractivity (Wildman–Crippen MR) is 136 cm³/mol. The minimum atomic E-state index is -4.66. The van der Waals surface area contributed by atoms with Gasteiger partial charge in [0, 0.05) is 19.8 Å². The lowest BCUT2D eigenvalue weighted by Crippen LogP contribution is -2.43. The van der Waals surface area contributed by atoms with E-state index in [0.717, 1.165) is 37.4 Å². The number of rotatable bonds is 9. The molecule has 2 heterocycles. The molecule has 2 aliphatic rings. The van der Waals surface area contributed by atoms with E-state index in [0.29, 0.717) is 34.3 Å². The van der Waals surface area contributed by atoms with E-state index in [2.05, 4.69) is 27.8 Å². The van der Waals surface area contributed by atoms with Crippen LogP contribution in [0.4, 0.5) is 23.2 Å². The molecule has 2 N–H and O–H groups in total. The van der Waals surface area contributed by atoms with Crippen LogP contribution in [0.2, 0.25) is 0 Å². The van der Waals surface area contributed by atoms with Gasteiger partial charge in [0.2, 0.25) is 0 Å². The lowest BCUT2D eigenvalue weighted by Gasteiger charge is -2.46. The Morgan fingerprint density at radius 1 is 1.21 bits per heavy atom. The molecule has 1 aromatic carbocycles. The van der Waals surface area contributed by atoms with Crippen molar-refractivity contribution < 1.29 is 22.4 Å². The molecule has 0 bridgehead atoms. The van der Waals surface area contributed by atoms with Gasteiger partial charge in [-0.2, -0.15) is 13.2 Å². The zero-order valence-electron chi connectivity index (χ0n) is 21.7. The topological polar surface area (TPSA) is 93.8 Å². The molecule has 39 heavy (non-hydrogen) atoms. The summed E-state index contributed by atoms with van der Waals surface area (Å²) in [5, 5.41) is 13.8. The van der Waals surface area contributed by atoms with Crippen LogP contribution in [0, 0.1) is 17.7 Å². The van der Waals surface area contributed by atoms with Crippen LogP contribution in [0.25, 0.3) is 0 Å². The second kappa shape index (κ2) is 10.2. The average Bonchev–Trinajstić information content (AvgIpc) is 3.57. The molecule has 3 aromatic rings. The summed E-state index contributed by atoms with van der Waals surface area (Å²) in [7, 11) is 1.82. The molecule has 1 amide bonds. The van der Waals surface area contributed by atoms with Crippen molar-refractivity contribution in [3.8, 4) is 0 Å². The molecule has 2 aliphatic carbocycles. The van der Waals surface area contributed by atoms with Crippen LogP contribution in [0.1, 0.15) is 59.9 Å². The van der Waals surface area contributed by atoms with Gasteiger partial charge in [-0.25, -0.2) is 4.39 Å². The molecule has 0 saturated heterocycles. The molecule has 0 spiro atoms. The molecule has 2 fully saturated rings. The van der Waals surface area contributed by atoms with Crippen molar-refractivity contribution >= 4 is 11.6 Å². The molecule has 5 rings (SSSR count). The summed E-state index contributed by atoms with van der Waals surface area (Å²) in [5.74, 6) is -0.0668. The van der Waals surface area contributed by atoms with Crippen molar-refractivity contribution in [3.05, 3.63) is 75.5 Å². The van der Waals surface area contributed by atoms with Gasteiger partial charge in [-0.3, -0.25) is 9.59 Å². The second-order valence-electron chi connectivity index (χ2n) is 10.9. The zero-order valence-corrected chi connectivity index (χ0v) is 21.7. The Balaban J connectivity index is 1.45. The molecular formula is C27H30F4N6O2. The molecule has 12 heteroatoms. The maximum Gasteiger partial charge on any atom is 0.406 e. The number of benzene rings is 1. The molecule has 0 radical (unpaired) electrons. The largest absolute Gasteiger partial charge is 0.406 e. The zero-order chi connectivity index (χ0) is 27.9. The number of hydrogen-bond donors (Lipinski definition) is 2. The maximum absolute atomic E-state index is 14.9. The Kier molecular flexibility index (Phi) is 7.08. The number of alkyl halides is 3. The van der Waals surface area contributed by atoms with E-state index in [1.54, 1.807) is 17.0 Å². The lowest BCUT2D eigenvalue weighted by atomic mass is 9.58. The number of anilines is 1. The number of nitrogens with one attached hydrogen (secondary N) is 2. The van der Waals surface area contributed by atoms with Gasteiger partial charge in [0.1, 0.15) is 30.1 Å². The van der Waals surface area contributed by atoms with Gasteiger partial charge in [-0.05, 0) is 73.4 Å². The van der Waals surface area contributed by atoms with Crippen LogP contribution in [0.15, 0.2) is 41.6 Å². The minimum Gasteiger partial charge on any atom is -0.320 e. The predicted octanol–water partition coefficient (Wildman–Crippen LogP) is 4.15. The average molecular weight is 547 g/mol. The Labute approximate surface area is 222 Å². The second-order valence-corrected chi connectivity index (χ2v) is 10.9. The molecular weight excluding hydrogens is 516 g/mol. The fourth-order valence-corrected chi connectivity index (χ4v) is 5.51. The van der Waals surface area contributed by atoms with Crippen molar-refractivity contribution in [3.63, 3.8) is 0 Å². The van der Waals surface area contributed by atoms with Crippen molar-refractivity contribution in [1.29, 1.82) is 0 Å². The van der Waals surface area contributed by atoms with Gasteiger partial charge in [-0.15, -0.1) is 10.2 Å². The van der Waals surface area contributed by atoms with Crippen molar-refractivity contribution in [2.75, 3.05) is 11.9 Å². The van der Waals surface area contributed by atoms with Gasteiger partial charge in [0.15, 0.2) is 0 Å². The fraction of sp³-hybridized carbons (Fsp3) is 0.481. The third kappa shape index (κ3) is 5.75. The van der Waals surface area contributed by atoms with Gasteiger partial charge in [0.05, 0.1) is 11.1 Å². The SMILES string of the molecule is CC1CC(c2ccc(F)c(NC(=O)c3cc(CNCC4CC4)cn(CC(F)(F)F)c3=O)c2)(c2nncn2C)C1. The van der Waals surface area contributed by atoms with Crippen molar-refractivity contribution in [2.24, 2.45) is 18.9 Å². The van der Waals surface area contributed by atoms with Crippen LogP contribution in [-0.2, 0) is 25.6 Å². The van der Waals surface area contributed by atoms with E-state index in [4.69, 9.17) is 0 Å². The number of carbonyl (C=O) groups excluding carboxylic acids is 1. The first-order valence-electron chi connectivity index (χ1n) is 12.9. The summed E-state index contributed by atoms with van der Waals surface area (Å²) in [6, 6.07) is 5.63. The highest BCUT2D eigenvalue weighted by atomic mass is 19.4. The molecule has 8 nitrogen and oxygen atoms in total. The molecule has 0 aliphatic heterocycles. The van der Waals surface area contributed by atoms with Gasteiger partial charge >= 0.3 is 6.18 Å².